The third-order valence-electron chi connectivity index (χ3n) is 2.39. The van der Waals surface area contributed by atoms with E-state index in [1.54, 1.807) is 13.2 Å². The maximum atomic E-state index is 5.69. The molecule has 0 aliphatic rings. The summed E-state index contributed by atoms with van der Waals surface area (Å²) in [4.78, 5) is 4.26. The topological polar surface area (TPSA) is 45.5 Å². The van der Waals surface area contributed by atoms with Crippen molar-refractivity contribution >= 4 is 12.2 Å². The van der Waals surface area contributed by atoms with Crippen LogP contribution in [-0.4, -0.2) is 12.0 Å². The predicted octanol–water partition coefficient (Wildman–Crippen LogP) is 4.27. The monoisotopic (exact) mass is 275 g/mol. The average Bonchev–Trinajstić information content (AvgIpc) is 2.44. The van der Waals surface area contributed by atoms with Crippen LogP contribution in [0.15, 0.2) is 42.6 Å². The highest BCUT2D eigenvalue weighted by Crippen LogP contribution is 2.21. The van der Waals surface area contributed by atoms with Gasteiger partial charge in [-0.15, -0.1) is 12.2 Å². The van der Waals surface area contributed by atoms with E-state index in [0.717, 1.165) is 23.7 Å². The molecule has 0 aliphatic carbocycles. The minimum absolute atomic E-state index is 0.423. The van der Waals surface area contributed by atoms with Crippen LogP contribution in [0.3, 0.4) is 0 Å². The van der Waals surface area contributed by atoms with Crippen LogP contribution in [0, 0.1) is 6.92 Å². The summed E-state index contributed by atoms with van der Waals surface area (Å²) in [5, 5.41) is 0. The lowest BCUT2D eigenvalue weighted by Crippen LogP contribution is -1.91. The van der Waals surface area contributed by atoms with Gasteiger partial charge in [-0.3, -0.25) is 4.98 Å². The number of aromatic nitrogens is 1. The molecule has 5 heteroatoms. The summed E-state index contributed by atoms with van der Waals surface area (Å²) in [5.74, 6) is 1.51. The summed E-state index contributed by atoms with van der Waals surface area (Å²) in [6, 6.07) is 11.6. The molecule has 1 heterocycles. The summed E-state index contributed by atoms with van der Waals surface area (Å²) in [6.07, 6.45) is 1.69. The van der Waals surface area contributed by atoms with Crippen LogP contribution in [0.5, 0.6) is 11.5 Å². The summed E-state index contributed by atoms with van der Waals surface area (Å²) < 4.78 is 14.6. The van der Waals surface area contributed by atoms with Crippen LogP contribution < -0.4 is 4.74 Å². The van der Waals surface area contributed by atoms with Crippen molar-refractivity contribution in [1.29, 1.82) is 0 Å². The van der Waals surface area contributed by atoms with Gasteiger partial charge >= 0.3 is 0 Å². The van der Waals surface area contributed by atoms with Gasteiger partial charge in [-0.1, -0.05) is 17.7 Å². The van der Waals surface area contributed by atoms with Crippen LogP contribution in [0.2, 0.25) is 0 Å². The van der Waals surface area contributed by atoms with E-state index < -0.39 is 0 Å². The minimum atomic E-state index is 0.423. The molecule has 1 aromatic carbocycles. The highest BCUT2D eigenvalue weighted by Gasteiger charge is 1.99. The van der Waals surface area contributed by atoms with Crippen molar-refractivity contribution in [3.63, 3.8) is 0 Å². The first-order chi connectivity index (χ1) is 9.28. The fourth-order valence-electron chi connectivity index (χ4n) is 1.44. The van der Waals surface area contributed by atoms with E-state index in [-0.39, 0.29) is 0 Å². The lowest BCUT2D eigenvalue weighted by molar-refractivity contribution is 0.359. The predicted molar refractivity (Wildman–Crippen MR) is 77.2 cm³/mol. The zero-order chi connectivity index (χ0) is 13.5. The van der Waals surface area contributed by atoms with E-state index in [9.17, 15) is 0 Å². The van der Waals surface area contributed by atoms with Crippen LogP contribution in [0.25, 0.3) is 4.72 Å². The van der Waals surface area contributed by atoms with Crippen molar-refractivity contribution in [2.24, 2.45) is 0 Å². The van der Waals surface area contributed by atoms with Crippen molar-refractivity contribution in [2.45, 2.75) is 13.5 Å². The zero-order valence-corrected chi connectivity index (χ0v) is 11.7. The van der Waals surface area contributed by atoms with Gasteiger partial charge < -0.3 is 13.6 Å². The van der Waals surface area contributed by atoms with Crippen LogP contribution in [0.1, 0.15) is 11.3 Å². The van der Waals surface area contributed by atoms with E-state index in [0.29, 0.717) is 12.4 Å². The maximum absolute atomic E-state index is 5.69. The molecule has 0 atom stereocenters. The number of pyridine rings is 1. The first-order valence-corrected chi connectivity index (χ1v) is 6.55. The van der Waals surface area contributed by atoms with Crippen LogP contribution >= 0.6 is 12.2 Å². The molecule has 0 N–H and O–H groups in total. The Morgan fingerprint density at radius 2 is 1.84 bits per heavy atom. The van der Waals surface area contributed by atoms with Crippen LogP contribution in [0.4, 0.5) is 0 Å². The van der Waals surface area contributed by atoms with Gasteiger partial charge in [0, 0.05) is 0 Å². The van der Waals surface area contributed by atoms with Gasteiger partial charge in [-0.25, -0.2) is 0 Å². The zero-order valence-electron chi connectivity index (χ0n) is 10.9. The van der Waals surface area contributed by atoms with Gasteiger partial charge in [-0.05, 0) is 31.2 Å². The van der Waals surface area contributed by atoms with Gasteiger partial charge in [0.05, 0.1) is 11.9 Å². The standard InChI is InChI=1S/C14H15N2O2S/c1-11-3-6-13(7-4-11)18-14-8-5-12(16-9-14)10-17-19-15-2/h3-9H,10H2,1-2H3/q-1. The van der Waals surface area contributed by atoms with Crippen LogP contribution in [-0.2, 0) is 10.8 Å². The van der Waals surface area contributed by atoms with Gasteiger partial charge in [0.1, 0.15) is 18.1 Å². The van der Waals surface area contributed by atoms with Gasteiger partial charge in [0.2, 0.25) is 0 Å². The Bertz CT molecular complexity index is 500. The Morgan fingerprint density at radius 3 is 2.47 bits per heavy atom. The SMILES string of the molecule is C[N-]SOCc1ccc(Oc2ccc(C)cc2)cn1. The van der Waals surface area contributed by atoms with Crippen molar-refractivity contribution in [3.8, 4) is 11.5 Å². The Morgan fingerprint density at radius 1 is 1.11 bits per heavy atom. The summed E-state index contributed by atoms with van der Waals surface area (Å²) in [5.41, 5.74) is 2.05. The molecular weight excluding hydrogens is 260 g/mol. The molecule has 100 valence electrons. The van der Waals surface area contributed by atoms with Crippen molar-refractivity contribution in [1.82, 2.24) is 4.98 Å². The summed E-state index contributed by atoms with van der Waals surface area (Å²) in [7, 11) is 1.68. The first-order valence-electron chi connectivity index (χ1n) is 5.85. The molecule has 0 saturated heterocycles. The molecule has 0 radical (unpaired) electrons. The highest BCUT2D eigenvalue weighted by atomic mass is 32.2. The molecule has 1 aromatic heterocycles. The molecule has 0 aliphatic heterocycles. The highest BCUT2D eigenvalue weighted by molar-refractivity contribution is 7.97. The van der Waals surface area contributed by atoms with E-state index in [1.807, 2.05) is 43.3 Å². The molecular formula is C14H15N2O2S-. The fraction of sp³-hybridized carbons (Fsp3) is 0.214. The minimum Gasteiger partial charge on any atom is -0.584 e. The molecule has 0 saturated carbocycles. The number of aryl methyl sites for hydroxylation is 1. The number of rotatable bonds is 6. The molecule has 0 fully saturated rings. The average molecular weight is 275 g/mol. The number of hydrogen-bond donors (Lipinski definition) is 0. The first kappa shape index (κ1) is 13.9. The van der Waals surface area contributed by atoms with E-state index in [1.165, 1.54) is 5.56 Å². The molecule has 4 nitrogen and oxygen atoms in total. The lowest BCUT2D eigenvalue weighted by atomic mass is 10.2. The Balaban J connectivity index is 1.92. The number of ether oxygens (including phenoxy) is 1. The quantitative estimate of drug-likeness (QED) is 0.449. The van der Waals surface area contributed by atoms with Gasteiger partial charge in [-0.2, -0.15) is 7.05 Å². The third kappa shape index (κ3) is 4.55. The Hall–Kier alpha value is -1.56. The lowest BCUT2D eigenvalue weighted by Gasteiger charge is -2.10. The van der Waals surface area contributed by atoms with Crippen molar-refractivity contribution in [2.75, 3.05) is 7.05 Å². The van der Waals surface area contributed by atoms with Gasteiger partial charge in [0.15, 0.2) is 0 Å². The smallest absolute Gasteiger partial charge is 0.145 e. The molecule has 0 spiro atoms. The number of nitrogens with zero attached hydrogens (tertiary/aromatic N) is 2. The number of benzene rings is 1. The molecule has 0 bridgehead atoms. The number of hydrogen-bond acceptors (Lipinski definition) is 4. The van der Waals surface area contributed by atoms with Crippen molar-refractivity contribution < 1.29 is 8.92 Å². The maximum Gasteiger partial charge on any atom is 0.145 e. The second-order valence-electron chi connectivity index (χ2n) is 3.92. The second-order valence-corrected chi connectivity index (χ2v) is 4.67. The molecule has 19 heavy (non-hydrogen) atoms. The fourth-order valence-corrected chi connectivity index (χ4v) is 1.72. The van der Waals surface area contributed by atoms with E-state index in [2.05, 4.69) is 9.71 Å². The molecule has 0 amide bonds. The summed E-state index contributed by atoms with van der Waals surface area (Å²) in [6.45, 7) is 2.47. The Kier molecular flexibility index (Phi) is 5.20. The van der Waals surface area contributed by atoms with Crippen molar-refractivity contribution in [3.05, 3.63) is 58.6 Å². The largest absolute Gasteiger partial charge is 0.584 e. The van der Waals surface area contributed by atoms with E-state index in [4.69, 9.17) is 8.92 Å². The van der Waals surface area contributed by atoms with E-state index >= 15 is 0 Å². The Labute approximate surface area is 117 Å². The molecule has 0 unspecified atom stereocenters. The normalized spacial score (nSPS) is 10.4. The summed E-state index contributed by atoms with van der Waals surface area (Å²) >= 11 is 1.06. The molecule has 2 aromatic rings. The third-order valence-corrected chi connectivity index (χ3v) is 2.76. The second kappa shape index (κ2) is 7.13. The van der Waals surface area contributed by atoms with Gasteiger partial charge in [0.25, 0.3) is 0 Å². The molecule has 2 rings (SSSR count).